The Kier molecular flexibility index (Phi) is 6.07. The molecular weight excluding hydrogens is 430 g/mol. The van der Waals surface area contributed by atoms with Crippen LogP contribution in [0.4, 0.5) is 5.13 Å². The maximum Gasteiger partial charge on any atom is 0.262 e. The van der Waals surface area contributed by atoms with Gasteiger partial charge in [0.2, 0.25) is 11.8 Å². The lowest BCUT2D eigenvalue weighted by atomic mass is 10.0. The average molecular weight is 456 g/mol. The molecule has 1 unspecified atom stereocenters. The van der Waals surface area contributed by atoms with Crippen LogP contribution >= 0.6 is 11.3 Å². The van der Waals surface area contributed by atoms with Gasteiger partial charge in [-0.15, -0.1) is 11.3 Å². The number of nitrogens with one attached hydrogen (secondary N) is 2. The summed E-state index contributed by atoms with van der Waals surface area (Å²) in [7, 11) is 0. The molecule has 2 aromatic rings. The maximum atomic E-state index is 13.1. The minimum Gasteiger partial charge on any atom is -0.357 e. The van der Waals surface area contributed by atoms with Crippen molar-refractivity contribution in [2.45, 2.75) is 51.7 Å². The van der Waals surface area contributed by atoms with Crippen LogP contribution in [0.25, 0.3) is 0 Å². The minimum atomic E-state index is -0.982. The van der Waals surface area contributed by atoms with Crippen LogP contribution in [0.2, 0.25) is 0 Å². The van der Waals surface area contributed by atoms with E-state index in [1.165, 1.54) is 11.3 Å². The van der Waals surface area contributed by atoms with Gasteiger partial charge in [0, 0.05) is 24.4 Å². The molecule has 9 nitrogen and oxygen atoms in total. The lowest BCUT2D eigenvalue weighted by Gasteiger charge is -2.27. The number of amides is 4. The van der Waals surface area contributed by atoms with Gasteiger partial charge in [-0.3, -0.25) is 29.4 Å². The Bertz CT molecular complexity index is 1100. The molecule has 4 rings (SSSR count). The second kappa shape index (κ2) is 8.79. The Morgan fingerprint density at radius 3 is 2.75 bits per heavy atom. The van der Waals surface area contributed by atoms with Crippen LogP contribution in [-0.2, 0) is 16.1 Å². The third-order valence-corrected chi connectivity index (χ3v) is 6.43. The van der Waals surface area contributed by atoms with E-state index < -0.39 is 29.7 Å². The molecule has 0 saturated carbocycles. The van der Waals surface area contributed by atoms with Crippen molar-refractivity contribution >= 4 is 40.1 Å². The van der Waals surface area contributed by atoms with E-state index in [2.05, 4.69) is 29.5 Å². The van der Waals surface area contributed by atoms with Crippen molar-refractivity contribution in [1.29, 1.82) is 0 Å². The van der Waals surface area contributed by atoms with Crippen LogP contribution in [0, 0.1) is 5.92 Å². The van der Waals surface area contributed by atoms with Gasteiger partial charge >= 0.3 is 0 Å². The number of nitrogens with two attached hydrogens (primary N) is 1. The normalized spacial score (nSPS) is 19.4. The first-order valence-corrected chi connectivity index (χ1v) is 11.4. The first-order valence-electron chi connectivity index (χ1n) is 10.5. The standard InChI is InChI=1S/C22H25N5O4S/c1-11(2)8-14(23)15-10-32-22(25-15)24-9-12-4-3-5-13-18(12)21(31)27(20(13)30)16-6-7-17(28)26-19(16)29/h3-5,10-11,14,16H,6-9,23H2,1-2H3,(H,24,25)(H,26,28,29)/t14-,16?/m0/s1. The SMILES string of the molecule is CC(C)C[C@H](N)c1csc(NCc2cccc3c2C(=O)N(C2CCC(=O)NC2=O)C3=O)n1. The van der Waals surface area contributed by atoms with Crippen LogP contribution in [0.1, 0.15) is 71.1 Å². The van der Waals surface area contributed by atoms with E-state index in [0.29, 0.717) is 16.6 Å². The molecule has 168 valence electrons. The molecule has 0 bridgehead atoms. The second-order valence-electron chi connectivity index (χ2n) is 8.45. The fourth-order valence-corrected chi connectivity index (χ4v) is 4.84. The topological polar surface area (TPSA) is 134 Å². The lowest BCUT2D eigenvalue weighted by Crippen LogP contribution is -2.54. The highest BCUT2D eigenvalue weighted by molar-refractivity contribution is 7.13. The number of imide groups is 2. The van der Waals surface area contributed by atoms with Gasteiger partial charge in [-0.25, -0.2) is 4.98 Å². The molecule has 3 heterocycles. The lowest BCUT2D eigenvalue weighted by molar-refractivity contribution is -0.136. The number of anilines is 1. The van der Waals surface area contributed by atoms with Crippen LogP contribution in [0.15, 0.2) is 23.6 Å². The summed E-state index contributed by atoms with van der Waals surface area (Å²) < 4.78 is 0. The van der Waals surface area contributed by atoms with E-state index in [0.717, 1.165) is 17.0 Å². The summed E-state index contributed by atoms with van der Waals surface area (Å²) >= 11 is 1.43. The van der Waals surface area contributed by atoms with Gasteiger partial charge in [0.15, 0.2) is 5.13 Å². The molecule has 10 heteroatoms. The van der Waals surface area contributed by atoms with E-state index in [9.17, 15) is 19.2 Å². The number of rotatable bonds is 7. The molecular formula is C22H25N5O4S. The van der Waals surface area contributed by atoms with E-state index in [4.69, 9.17) is 5.73 Å². The molecule has 1 aromatic carbocycles. The van der Waals surface area contributed by atoms with Gasteiger partial charge in [-0.2, -0.15) is 0 Å². The molecule has 32 heavy (non-hydrogen) atoms. The Morgan fingerprint density at radius 1 is 1.25 bits per heavy atom. The molecule has 0 spiro atoms. The van der Waals surface area contributed by atoms with Crippen molar-refractivity contribution < 1.29 is 19.2 Å². The van der Waals surface area contributed by atoms with Crippen molar-refractivity contribution in [3.8, 4) is 0 Å². The smallest absolute Gasteiger partial charge is 0.262 e. The molecule has 1 fully saturated rings. The fourth-order valence-electron chi connectivity index (χ4n) is 4.07. The van der Waals surface area contributed by atoms with E-state index in [1.54, 1.807) is 18.2 Å². The van der Waals surface area contributed by atoms with Crippen molar-refractivity contribution in [2.24, 2.45) is 11.7 Å². The first kappa shape index (κ1) is 22.1. The van der Waals surface area contributed by atoms with E-state index in [-0.39, 0.29) is 36.6 Å². The Labute approximate surface area is 189 Å². The van der Waals surface area contributed by atoms with Gasteiger partial charge in [-0.05, 0) is 30.4 Å². The number of carbonyl (C=O) groups is 4. The molecule has 4 amide bonds. The highest BCUT2D eigenvalue weighted by atomic mass is 32.1. The van der Waals surface area contributed by atoms with Gasteiger partial charge in [0.1, 0.15) is 6.04 Å². The molecule has 2 aliphatic rings. The number of nitrogens with zero attached hydrogens (tertiary/aromatic N) is 2. The molecule has 1 aromatic heterocycles. The van der Waals surface area contributed by atoms with Gasteiger partial charge in [0.05, 0.1) is 16.8 Å². The monoisotopic (exact) mass is 455 g/mol. The number of thiazole rings is 1. The highest BCUT2D eigenvalue weighted by Gasteiger charge is 2.45. The first-order chi connectivity index (χ1) is 15.3. The van der Waals surface area contributed by atoms with E-state index >= 15 is 0 Å². The van der Waals surface area contributed by atoms with Crippen molar-refractivity contribution in [3.63, 3.8) is 0 Å². The van der Waals surface area contributed by atoms with Crippen molar-refractivity contribution in [1.82, 2.24) is 15.2 Å². The summed E-state index contributed by atoms with van der Waals surface area (Å²) in [6.45, 7) is 4.51. The maximum absolute atomic E-state index is 13.1. The molecule has 4 N–H and O–H groups in total. The predicted molar refractivity (Wildman–Crippen MR) is 119 cm³/mol. The Morgan fingerprint density at radius 2 is 2.03 bits per heavy atom. The molecule has 0 aliphatic carbocycles. The van der Waals surface area contributed by atoms with Crippen molar-refractivity contribution in [2.75, 3.05) is 5.32 Å². The highest BCUT2D eigenvalue weighted by Crippen LogP contribution is 2.31. The summed E-state index contributed by atoms with van der Waals surface area (Å²) in [5.41, 5.74) is 8.20. The summed E-state index contributed by atoms with van der Waals surface area (Å²) in [4.78, 5) is 55.3. The van der Waals surface area contributed by atoms with Crippen LogP contribution in [-0.4, -0.2) is 39.6 Å². The van der Waals surface area contributed by atoms with Gasteiger partial charge < -0.3 is 11.1 Å². The van der Waals surface area contributed by atoms with Crippen LogP contribution < -0.4 is 16.4 Å². The zero-order chi connectivity index (χ0) is 23.0. The average Bonchev–Trinajstić information content (AvgIpc) is 3.31. The minimum absolute atomic E-state index is 0.0869. The Hall–Kier alpha value is -3.11. The number of benzene rings is 1. The molecule has 1 saturated heterocycles. The quantitative estimate of drug-likeness (QED) is 0.545. The number of carbonyl (C=O) groups excluding carboxylic acids is 4. The van der Waals surface area contributed by atoms with Crippen molar-refractivity contribution in [3.05, 3.63) is 46.0 Å². The third kappa shape index (κ3) is 4.15. The van der Waals surface area contributed by atoms with Crippen LogP contribution in [0.5, 0.6) is 0 Å². The number of fused-ring (bicyclic) bond motifs is 1. The predicted octanol–water partition coefficient (Wildman–Crippen LogP) is 2.20. The van der Waals surface area contributed by atoms with Crippen LogP contribution in [0.3, 0.4) is 0 Å². The zero-order valence-corrected chi connectivity index (χ0v) is 18.7. The second-order valence-corrected chi connectivity index (χ2v) is 9.31. The summed E-state index contributed by atoms with van der Waals surface area (Å²) in [5.74, 6) is -1.59. The summed E-state index contributed by atoms with van der Waals surface area (Å²) in [5, 5.41) is 8.01. The molecule has 2 atom stereocenters. The molecule has 2 aliphatic heterocycles. The Balaban J connectivity index is 1.51. The number of piperidine rings is 1. The largest absolute Gasteiger partial charge is 0.357 e. The summed E-state index contributed by atoms with van der Waals surface area (Å²) in [6.07, 6.45) is 1.05. The van der Waals surface area contributed by atoms with Gasteiger partial charge in [-0.1, -0.05) is 26.0 Å². The third-order valence-electron chi connectivity index (χ3n) is 5.61. The summed E-state index contributed by atoms with van der Waals surface area (Å²) in [6, 6.07) is 3.94. The fraction of sp³-hybridized carbons (Fsp3) is 0.409. The number of aromatic nitrogens is 1. The van der Waals surface area contributed by atoms with E-state index in [1.807, 2.05) is 5.38 Å². The van der Waals surface area contributed by atoms with Gasteiger partial charge in [0.25, 0.3) is 11.8 Å². The molecule has 0 radical (unpaired) electrons. The number of hydrogen-bond donors (Lipinski definition) is 3. The zero-order valence-electron chi connectivity index (χ0n) is 17.9. The number of hydrogen-bond acceptors (Lipinski definition) is 8.